The summed E-state index contributed by atoms with van der Waals surface area (Å²) in [5, 5.41) is 8.07. The first kappa shape index (κ1) is 14.7. The number of ether oxygens (including phenoxy) is 2. The summed E-state index contributed by atoms with van der Waals surface area (Å²) in [6.07, 6.45) is 0.625. The molecule has 1 aliphatic heterocycles. The van der Waals surface area contributed by atoms with E-state index in [-0.39, 0.29) is 12.7 Å². The summed E-state index contributed by atoms with van der Waals surface area (Å²) in [5.41, 5.74) is 2.83. The number of hydrogen-bond acceptors (Lipinski definition) is 7. The van der Waals surface area contributed by atoms with E-state index < -0.39 is 0 Å². The first-order valence-corrected chi connectivity index (χ1v) is 7.77. The predicted molar refractivity (Wildman–Crippen MR) is 84.0 cm³/mol. The molecule has 0 saturated carbocycles. The van der Waals surface area contributed by atoms with Gasteiger partial charge >= 0.3 is 0 Å². The normalized spacial score (nSPS) is 14.1. The third kappa shape index (κ3) is 2.51. The SMILES string of the molecule is Cc1noc(C)c1[C@H](C)Cc1nc(-c2ccc3c(c2)OCO3)no1. The van der Waals surface area contributed by atoms with Crippen LogP contribution in [0.15, 0.2) is 27.2 Å². The molecule has 0 aliphatic carbocycles. The molecule has 3 aromatic rings. The highest BCUT2D eigenvalue weighted by molar-refractivity contribution is 5.61. The zero-order valence-electron chi connectivity index (χ0n) is 13.7. The fourth-order valence-electron chi connectivity index (χ4n) is 3.05. The van der Waals surface area contributed by atoms with Crippen LogP contribution in [0.1, 0.15) is 35.7 Å². The summed E-state index contributed by atoms with van der Waals surface area (Å²) in [6, 6.07) is 5.59. The van der Waals surface area contributed by atoms with E-state index in [1.54, 1.807) is 0 Å². The second-order valence-electron chi connectivity index (χ2n) is 5.92. The first-order chi connectivity index (χ1) is 11.6. The van der Waals surface area contributed by atoms with Gasteiger partial charge in [-0.25, -0.2) is 0 Å². The summed E-state index contributed by atoms with van der Waals surface area (Å²) in [7, 11) is 0. The first-order valence-electron chi connectivity index (χ1n) is 7.77. The Morgan fingerprint density at radius 2 is 1.92 bits per heavy atom. The van der Waals surface area contributed by atoms with E-state index in [0.29, 0.717) is 23.9 Å². The summed E-state index contributed by atoms with van der Waals surface area (Å²) in [5.74, 6) is 3.55. The van der Waals surface area contributed by atoms with Gasteiger partial charge in [0, 0.05) is 17.5 Å². The van der Waals surface area contributed by atoms with Gasteiger partial charge in [-0.15, -0.1) is 0 Å². The van der Waals surface area contributed by atoms with Crippen molar-refractivity contribution in [1.29, 1.82) is 0 Å². The van der Waals surface area contributed by atoms with Crippen LogP contribution in [0.2, 0.25) is 0 Å². The van der Waals surface area contributed by atoms with Gasteiger partial charge in [-0.2, -0.15) is 4.98 Å². The molecule has 1 aliphatic rings. The Hall–Kier alpha value is -2.83. The van der Waals surface area contributed by atoms with Crippen LogP contribution in [0, 0.1) is 13.8 Å². The largest absolute Gasteiger partial charge is 0.454 e. The van der Waals surface area contributed by atoms with Gasteiger partial charge in [-0.3, -0.25) is 0 Å². The molecule has 1 atom stereocenters. The summed E-state index contributed by atoms with van der Waals surface area (Å²) < 4.78 is 21.3. The van der Waals surface area contributed by atoms with E-state index >= 15 is 0 Å². The Labute approximate surface area is 138 Å². The van der Waals surface area contributed by atoms with Crippen LogP contribution < -0.4 is 9.47 Å². The van der Waals surface area contributed by atoms with E-state index in [1.165, 1.54) is 0 Å². The van der Waals surface area contributed by atoms with Crippen molar-refractivity contribution in [2.45, 2.75) is 33.1 Å². The van der Waals surface area contributed by atoms with Crippen molar-refractivity contribution < 1.29 is 18.5 Å². The lowest BCUT2D eigenvalue weighted by Gasteiger charge is -2.07. The number of benzene rings is 1. The van der Waals surface area contributed by atoms with Gasteiger partial charge in [0.15, 0.2) is 11.5 Å². The zero-order valence-corrected chi connectivity index (χ0v) is 13.7. The fourth-order valence-corrected chi connectivity index (χ4v) is 3.05. The van der Waals surface area contributed by atoms with Crippen molar-refractivity contribution in [3.8, 4) is 22.9 Å². The van der Waals surface area contributed by atoms with Crippen molar-refractivity contribution in [2.24, 2.45) is 0 Å². The number of aromatic nitrogens is 3. The lowest BCUT2D eigenvalue weighted by molar-refractivity contribution is 0.174. The van der Waals surface area contributed by atoms with Crippen LogP contribution in [0.5, 0.6) is 11.5 Å². The van der Waals surface area contributed by atoms with Gasteiger partial charge in [0.2, 0.25) is 18.5 Å². The molecule has 0 radical (unpaired) electrons. The van der Waals surface area contributed by atoms with Crippen molar-refractivity contribution >= 4 is 0 Å². The highest BCUT2D eigenvalue weighted by atomic mass is 16.7. The number of rotatable bonds is 4. The Kier molecular flexibility index (Phi) is 3.48. The lowest BCUT2D eigenvalue weighted by Crippen LogP contribution is -2.01. The molecule has 124 valence electrons. The molecule has 7 nitrogen and oxygen atoms in total. The van der Waals surface area contributed by atoms with Crippen molar-refractivity contribution in [3.05, 3.63) is 41.1 Å². The van der Waals surface area contributed by atoms with Crippen LogP contribution in [-0.2, 0) is 6.42 Å². The van der Waals surface area contributed by atoms with E-state index in [4.69, 9.17) is 18.5 Å². The van der Waals surface area contributed by atoms with E-state index in [2.05, 4.69) is 22.2 Å². The number of hydrogen-bond donors (Lipinski definition) is 0. The van der Waals surface area contributed by atoms with E-state index in [9.17, 15) is 0 Å². The van der Waals surface area contributed by atoms with Crippen LogP contribution in [0.4, 0.5) is 0 Å². The topological polar surface area (TPSA) is 83.4 Å². The van der Waals surface area contributed by atoms with Crippen LogP contribution in [-0.4, -0.2) is 22.1 Å². The molecule has 0 unspecified atom stereocenters. The molecule has 2 aromatic heterocycles. The minimum absolute atomic E-state index is 0.182. The van der Waals surface area contributed by atoms with Crippen molar-refractivity contribution in [3.63, 3.8) is 0 Å². The molecule has 24 heavy (non-hydrogen) atoms. The van der Waals surface area contributed by atoms with Gasteiger partial charge in [-0.1, -0.05) is 17.2 Å². The van der Waals surface area contributed by atoms with Gasteiger partial charge < -0.3 is 18.5 Å². The molecule has 0 spiro atoms. The zero-order chi connectivity index (χ0) is 16.7. The molecule has 3 heterocycles. The second-order valence-corrected chi connectivity index (χ2v) is 5.92. The Bertz CT molecular complexity index is 864. The standard InChI is InChI=1S/C17H17N3O4/c1-9(16-10(2)19-23-11(16)3)6-15-18-17(20-24-15)12-4-5-13-14(7-12)22-8-21-13/h4-5,7,9H,6,8H2,1-3H3/t9-/m1/s1. The number of fused-ring (bicyclic) bond motifs is 1. The molecule has 0 amide bonds. The highest BCUT2D eigenvalue weighted by Gasteiger charge is 2.21. The molecule has 1 aromatic carbocycles. The molecule has 0 N–H and O–H groups in total. The maximum Gasteiger partial charge on any atom is 0.231 e. The van der Waals surface area contributed by atoms with E-state index in [0.717, 1.165) is 28.3 Å². The Morgan fingerprint density at radius 1 is 1.08 bits per heavy atom. The third-order valence-electron chi connectivity index (χ3n) is 4.16. The average Bonchev–Trinajstić information content (AvgIpc) is 3.27. The van der Waals surface area contributed by atoms with Crippen molar-refractivity contribution in [2.75, 3.05) is 6.79 Å². The quantitative estimate of drug-likeness (QED) is 0.726. The maximum atomic E-state index is 5.40. The maximum absolute atomic E-state index is 5.40. The van der Waals surface area contributed by atoms with Crippen LogP contribution in [0.25, 0.3) is 11.4 Å². The highest BCUT2D eigenvalue weighted by Crippen LogP contribution is 2.35. The van der Waals surface area contributed by atoms with Crippen LogP contribution >= 0.6 is 0 Å². The van der Waals surface area contributed by atoms with E-state index in [1.807, 2.05) is 32.0 Å². The molecular formula is C17H17N3O4. The average molecular weight is 327 g/mol. The number of nitrogens with zero attached hydrogens (tertiary/aromatic N) is 3. The minimum Gasteiger partial charge on any atom is -0.454 e. The van der Waals surface area contributed by atoms with Gasteiger partial charge in [0.1, 0.15) is 5.76 Å². The van der Waals surface area contributed by atoms with Gasteiger partial charge in [0.05, 0.1) is 5.69 Å². The molecule has 0 fully saturated rings. The summed E-state index contributed by atoms with van der Waals surface area (Å²) in [6.45, 7) is 6.19. The molecule has 7 heteroatoms. The van der Waals surface area contributed by atoms with Crippen molar-refractivity contribution in [1.82, 2.24) is 15.3 Å². The fraction of sp³-hybridized carbons (Fsp3) is 0.353. The molecule has 0 saturated heterocycles. The Morgan fingerprint density at radius 3 is 2.71 bits per heavy atom. The molecule has 0 bridgehead atoms. The summed E-state index contributed by atoms with van der Waals surface area (Å²) >= 11 is 0. The minimum atomic E-state index is 0.182. The van der Waals surface area contributed by atoms with Crippen LogP contribution in [0.3, 0.4) is 0 Å². The second kappa shape index (κ2) is 5.67. The summed E-state index contributed by atoms with van der Waals surface area (Å²) in [4.78, 5) is 4.49. The Balaban J connectivity index is 1.55. The lowest BCUT2D eigenvalue weighted by atomic mass is 9.96. The molecule has 4 rings (SSSR count). The smallest absolute Gasteiger partial charge is 0.231 e. The van der Waals surface area contributed by atoms with Gasteiger partial charge in [0.25, 0.3) is 0 Å². The molecular weight excluding hydrogens is 310 g/mol. The number of aryl methyl sites for hydroxylation is 2. The predicted octanol–water partition coefficient (Wildman–Crippen LogP) is 3.42. The van der Waals surface area contributed by atoms with Gasteiger partial charge in [-0.05, 0) is 38.0 Å². The monoisotopic (exact) mass is 327 g/mol. The third-order valence-corrected chi connectivity index (χ3v) is 4.16.